The molecule has 5 saturated heterocycles. The molecule has 7 heteroatoms. The van der Waals surface area contributed by atoms with Gasteiger partial charge in [0, 0.05) is 55.9 Å². The van der Waals surface area contributed by atoms with Crippen molar-refractivity contribution in [3.05, 3.63) is 23.9 Å². The minimum atomic E-state index is 0.0876. The summed E-state index contributed by atoms with van der Waals surface area (Å²) in [5.41, 5.74) is 1.92. The lowest BCUT2D eigenvalue weighted by Gasteiger charge is -2.47. The summed E-state index contributed by atoms with van der Waals surface area (Å²) < 4.78 is 5.74. The molecule has 0 aliphatic carbocycles. The van der Waals surface area contributed by atoms with Gasteiger partial charge in [-0.25, -0.2) is 0 Å². The van der Waals surface area contributed by atoms with Gasteiger partial charge in [0.2, 0.25) is 0 Å². The zero-order valence-electron chi connectivity index (χ0n) is 17.3. The molecule has 2 unspecified atom stereocenters. The van der Waals surface area contributed by atoms with Crippen LogP contribution in [0.25, 0.3) is 10.1 Å². The number of hydrogen-bond acceptors (Lipinski definition) is 6. The fourth-order valence-electron chi connectivity index (χ4n) is 6.13. The van der Waals surface area contributed by atoms with E-state index in [1.54, 1.807) is 0 Å². The van der Waals surface area contributed by atoms with Gasteiger partial charge in [0.25, 0.3) is 5.91 Å². The Labute approximate surface area is 176 Å². The summed E-state index contributed by atoms with van der Waals surface area (Å²) in [6.45, 7) is 5.67. The molecule has 0 N–H and O–H groups in total. The minimum Gasteiger partial charge on any atom is -0.366 e. The molecule has 0 radical (unpaired) electrons. The number of hydrogen-bond donors (Lipinski definition) is 0. The summed E-state index contributed by atoms with van der Waals surface area (Å²) in [7, 11) is 4.21. The highest BCUT2D eigenvalue weighted by Crippen LogP contribution is 2.37. The molecule has 5 aliphatic rings. The summed E-state index contributed by atoms with van der Waals surface area (Å²) in [6.07, 6.45) is 3.71. The average Bonchev–Trinajstić information content (AvgIpc) is 3.46. The number of amides is 1. The van der Waals surface area contributed by atoms with E-state index in [1.165, 1.54) is 49.6 Å². The lowest BCUT2D eigenvalue weighted by molar-refractivity contribution is 0.0161. The molecule has 2 aromatic rings. The Morgan fingerprint density at radius 3 is 2.66 bits per heavy atom. The Morgan fingerprint density at radius 2 is 2.00 bits per heavy atom. The van der Waals surface area contributed by atoms with Crippen LogP contribution >= 0.6 is 11.5 Å². The summed E-state index contributed by atoms with van der Waals surface area (Å²) in [4.78, 5) is 22.8. The highest BCUT2D eigenvalue weighted by molar-refractivity contribution is 7.13. The number of piperazine rings is 1. The third kappa shape index (κ3) is 2.81. The van der Waals surface area contributed by atoms with E-state index in [2.05, 4.69) is 44.3 Å². The van der Waals surface area contributed by atoms with Gasteiger partial charge in [-0.1, -0.05) is 0 Å². The quantitative estimate of drug-likeness (QED) is 0.776. The molecule has 7 rings (SSSR count). The van der Waals surface area contributed by atoms with E-state index in [9.17, 15) is 4.79 Å². The Hall–Kier alpha value is -1.70. The van der Waals surface area contributed by atoms with Crippen molar-refractivity contribution in [2.24, 2.45) is 5.92 Å². The van der Waals surface area contributed by atoms with E-state index in [-0.39, 0.29) is 5.91 Å². The predicted molar refractivity (Wildman–Crippen MR) is 117 cm³/mol. The number of carbonyl (C=O) groups excluding carboxylic acids is 1. The molecule has 1 aromatic carbocycles. The Balaban J connectivity index is 1.25. The van der Waals surface area contributed by atoms with E-state index < -0.39 is 0 Å². The number of benzene rings is 1. The van der Waals surface area contributed by atoms with Gasteiger partial charge in [0.1, 0.15) is 5.69 Å². The zero-order chi connectivity index (χ0) is 19.7. The number of likely N-dealkylation sites (N-methyl/N-ethyl adjacent to an activating group) is 2. The topological polar surface area (TPSA) is 42.9 Å². The monoisotopic (exact) mass is 411 g/mol. The highest BCUT2D eigenvalue weighted by Gasteiger charge is 2.42. The molecule has 0 saturated carbocycles. The van der Waals surface area contributed by atoms with Crippen molar-refractivity contribution in [1.29, 1.82) is 0 Å². The summed E-state index contributed by atoms with van der Waals surface area (Å²) >= 11 is 1.47. The van der Waals surface area contributed by atoms with Crippen LogP contribution in [0.2, 0.25) is 0 Å². The van der Waals surface area contributed by atoms with Crippen molar-refractivity contribution >= 4 is 33.2 Å². The number of nitrogens with zero attached hydrogens (tertiary/aromatic N) is 5. The molecule has 154 valence electrons. The first-order chi connectivity index (χ1) is 14.1. The van der Waals surface area contributed by atoms with Crippen molar-refractivity contribution < 1.29 is 4.79 Å². The van der Waals surface area contributed by atoms with Gasteiger partial charge < -0.3 is 14.7 Å². The second-order valence-electron chi connectivity index (χ2n) is 9.47. The van der Waals surface area contributed by atoms with Gasteiger partial charge in [0.05, 0.1) is 4.70 Å². The third-order valence-corrected chi connectivity index (χ3v) is 8.75. The molecular formula is C22H29N5OS. The van der Waals surface area contributed by atoms with E-state index in [0.29, 0.717) is 29.7 Å². The van der Waals surface area contributed by atoms with E-state index in [1.807, 2.05) is 11.9 Å². The maximum Gasteiger partial charge on any atom is 0.274 e. The highest BCUT2D eigenvalue weighted by atomic mass is 32.1. The van der Waals surface area contributed by atoms with Crippen LogP contribution in [-0.2, 0) is 0 Å². The zero-order valence-corrected chi connectivity index (χ0v) is 18.1. The summed E-state index contributed by atoms with van der Waals surface area (Å²) in [5.74, 6) is 0.735. The van der Waals surface area contributed by atoms with E-state index >= 15 is 0 Å². The van der Waals surface area contributed by atoms with Crippen molar-refractivity contribution in [1.82, 2.24) is 19.1 Å². The van der Waals surface area contributed by atoms with E-state index in [0.717, 1.165) is 29.7 Å². The van der Waals surface area contributed by atoms with Gasteiger partial charge >= 0.3 is 0 Å². The van der Waals surface area contributed by atoms with Crippen LogP contribution in [0.15, 0.2) is 18.2 Å². The SMILES string of the molecule is CN1CC2CC1CN2c1ccc2c(C(=O)N(C)[C@@H]3CN4CCC3CC4)nsc2c1. The molecule has 3 atom stereocenters. The van der Waals surface area contributed by atoms with Crippen LogP contribution in [0.1, 0.15) is 29.8 Å². The number of fused-ring (bicyclic) bond motifs is 6. The van der Waals surface area contributed by atoms with Crippen LogP contribution in [-0.4, -0.2) is 89.9 Å². The Morgan fingerprint density at radius 1 is 1.17 bits per heavy atom. The number of piperidine rings is 3. The molecule has 6 heterocycles. The number of aromatic nitrogens is 1. The van der Waals surface area contributed by atoms with Crippen LogP contribution in [0.3, 0.4) is 0 Å². The normalized spacial score (nSPS) is 33.7. The standard InChI is InChI=1S/C22H29N5OS/c1-24-11-17-9-16(24)12-27(17)15-3-4-18-20(10-15)29-23-21(18)22(28)25(2)19-13-26-7-5-14(19)6-8-26/h3-4,10,14,16-17,19H,5-9,11-13H2,1-2H3/t16?,17?,19-/m1/s1. The van der Waals surface area contributed by atoms with Gasteiger partial charge in [0.15, 0.2) is 0 Å². The summed E-state index contributed by atoms with van der Waals surface area (Å²) in [6, 6.07) is 8.21. The third-order valence-electron chi connectivity index (χ3n) is 7.94. The van der Waals surface area contributed by atoms with Crippen molar-refractivity contribution in [3.8, 4) is 0 Å². The van der Waals surface area contributed by atoms with Crippen molar-refractivity contribution in [3.63, 3.8) is 0 Å². The summed E-state index contributed by atoms with van der Waals surface area (Å²) in [5, 5.41) is 1.01. The number of likely N-dealkylation sites (tertiary alicyclic amines) is 1. The molecule has 1 amide bonds. The smallest absolute Gasteiger partial charge is 0.274 e. The van der Waals surface area contributed by atoms with Crippen LogP contribution in [0.5, 0.6) is 0 Å². The maximum absolute atomic E-state index is 13.3. The molecule has 29 heavy (non-hydrogen) atoms. The second-order valence-corrected chi connectivity index (χ2v) is 10.3. The fourth-order valence-corrected chi connectivity index (χ4v) is 6.93. The molecule has 6 nitrogen and oxygen atoms in total. The predicted octanol–water partition coefficient (Wildman–Crippen LogP) is 2.36. The Kier molecular flexibility index (Phi) is 4.15. The molecule has 1 aromatic heterocycles. The van der Waals surface area contributed by atoms with Gasteiger partial charge in [-0.2, -0.15) is 4.37 Å². The van der Waals surface area contributed by atoms with Gasteiger partial charge in [-0.05, 0) is 75.0 Å². The first kappa shape index (κ1) is 18.1. The number of anilines is 1. The van der Waals surface area contributed by atoms with Crippen LogP contribution in [0.4, 0.5) is 5.69 Å². The van der Waals surface area contributed by atoms with Crippen LogP contribution in [0, 0.1) is 5.92 Å². The maximum atomic E-state index is 13.3. The molecule has 5 aliphatic heterocycles. The van der Waals surface area contributed by atoms with Crippen LogP contribution < -0.4 is 4.90 Å². The van der Waals surface area contributed by atoms with Gasteiger partial charge in [-0.15, -0.1) is 0 Å². The largest absolute Gasteiger partial charge is 0.366 e. The van der Waals surface area contributed by atoms with Gasteiger partial charge in [-0.3, -0.25) is 9.69 Å². The first-order valence-corrected chi connectivity index (χ1v) is 11.7. The number of carbonyl (C=O) groups is 1. The minimum absolute atomic E-state index is 0.0876. The molecular weight excluding hydrogens is 382 g/mol. The van der Waals surface area contributed by atoms with E-state index in [4.69, 9.17) is 0 Å². The number of rotatable bonds is 3. The fraction of sp³-hybridized carbons (Fsp3) is 0.636. The molecule has 5 fully saturated rings. The van der Waals surface area contributed by atoms with Crippen molar-refractivity contribution in [2.75, 3.05) is 51.7 Å². The lowest BCUT2D eigenvalue weighted by atomic mass is 9.83. The van der Waals surface area contributed by atoms with Crippen molar-refractivity contribution in [2.45, 2.75) is 37.4 Å². The Bertz CT molecular complexity index is 950. The first-order valence-electron chi connectivity index (χ1n) is 10.9. The lowest BCUT2D eigenvalue weighted by Crippen LogP contribution is -2.57. The molecule has 0 spiro atoms. The average molecular weight is 412 g/mol. The molecule has 4 bridgehead atoms. The second kappa shape index (κ2) is 6.65.